The van der Waals surface area contributed by atoms with Crippen molar-refractivity contribution < 1.29 is 13.9 Å². The van der Waals surface area contributed by atoms with Gasteiger partial charge in [-0.05, 0) is 37.6 Å². The van der Waals surface area contributed by atoms with Crippen LogP contribution in [0.3, 0.4) is 0 Å². The van der Waals surface area contributed by atoms with Gasteiger partial charge in [0.1, 0.15) is 5.75 Å². The minimum atomic E-state index is -0.563. The normalized spacial score (nSPS) is 10.3. The van der Waals surface area contributed by atoms with Crippen molar-refractivity contribution in [3.8, 4) is 11.5 Å². The van der Waals surface area contributed by atoms with Crippen molar-refractivity contribution in [2.45, 2.75) is 20.3 Å². The molecule has 0 radical (unpaired) electrons. The van der Waals surface area contributed by atoms with Crippen LogP contribution in [0.15, 0.2) is 30.3 Å². The summed E-state index contributed by atoms with van der Waals surface area (Å²) in [6.45, 7) is 3.82. The van der Waals surface area contributed by atoms with Gasteiger partial charge in [0, 0.05) is 5.69 Å². The molecular formula is C15H14FNO2. The molecule has 1 heterocycles. The first-order chi connectivity index (χ1) is 9.15. The average Bonchev–Trinajstić information content (AvgIpc) is 2.42. The quantitative estimate of drug-likeness (QED) is 0.786. The van der Waals surface area contributed by atoms with Crippen LogP contribution in [0.25, 0.3) is 0 Å². The summed E-state index contributed by atoms with van der Waals surface area (Å²) in [5.41, 5.74) is 1.79. The molecule has 1 aromatic carbocycles. The Morgan fingerprint density at radius 1 is 1.32 bits per heavy atom. The fraction of sp³-hybridized carbons (Fsp3) is 0.200. The third-order valence-electron chi connectivity index (χ3n) is 2.74. The Morgan fingerprint density at radius 2 is 2.11 bits per heavy atom. The second-order valence-electron chi connectivity index (χ2n) is 4.13. The topological polar surface area (TPSA) is 39.2 Å². The largest absolute Gasteiger partial charge is 0.452 e. The van der Waals surface area contributed by atoms with Gasteiger partial charge in [0.15, 0.2) is 17.9 Å². The molecule has 0 N–H and O–H groups in total. The van der Waals surface area contributed by atoms with E-state index in [2.05, 4.69) is 4.98 Å². The molecule has 0 saturated carbocycles. The molecule has 4 heteroatoms. The van der Waals surface area contributed by atoms with E-state index < -0.39 is 5.82 Å². The lowest BCUT2D eigenvalue weighted by Gasteiger charge is -2.12. The van der Waals surface area contributed by atoms with E-state index in [1.54, 1.807) is 12.1 Å². The van der Waals surface area contributed by atoms with Crippen molar-refractivity contribution in [3.05, 3.63) is 53.1 Å². The van der Waals surface area contributed by atoms with Crippen molar-refractivity contribution in [1.29, 1.82) is 0 Å². The monoisotopic (exact) mass is 259 g/mol. The summed E-state index contributed by atoms with van der Waals surface area (Å²) in [6.07, 6.45) is 1.24. The number of aldehydes is 1. The van der Waals surface area contributed by atoms with Gasteiger partial charge in [-0.25, -0.2) is 4.39 Å². The fourth-order valence-corrected chi connectivity index (χ4v) is 1.78. The van der Waals surface area contributed by atoms with Crippen molar-refractivity contribution in [2.24, 2.45) is 0 Å². The van der Waals surface area contributed by atoms with Gasteiger partial charge in [-0.1, -0.05) is 13.0 Å². The minimum absolute atomic E-state index is 0.0575. The number of pyridine rings is 1. The zero-order valence-corrected chi connectivity index (χ0v) is 10.8. The molecular weight excluding hydrogens is 245 g/mol. The number of hydrogen-bond acceptors (Lipinski definition) is 3. The minimum Gasteiger partial charge on any atom is -0.452 e. The van der Waals surface area contributed by atoms with Gasteiger partial charge >= 0.3 is 0 Å². The first-order valence-corrected chi connectivity index (χ1v) is 6.03. The third kappa shape index (κ3) is 2.78. The summed E-state index contributed by atoms with van der Waals surface area (Å²) in [5.74, 6) is -0.147. The van der Waals surface area contributed by atoms with Crippen LogP contribution in [0.4, 0.5) is 4.39 Å². The average molecular weight is 259 g/mol. The van der Waals surface area contributed by atoms with Crippen LogP contribution in [-0.4, -0.2) is 11.3 Å². The van der Waals surface area contributed by atoms with Crippen LogP contribution in [-0.2, 0) is 6.42 Å². The molecule has 0 amide bonds. The van der Waals surface area contributed by atoms with Gasteiger partial charge < -0.3 is 4.74 Å². The molecule has 0 unspecified atom stereocenters. The van der Waals surface area contributed by atoms with Gasteiger partial charge in [0.2, 0.25) is 0 Å². The van der Waals surface area contributed by atoms with E-state index in [1.165, 1.54) is 18.2 Å². The fourth-order valence-electron chi connectivity index (χ4n) is 1.78. The highest BCUT2D eigenvalue weighted by atomic mass is 19.1. The highest BCUT2D eigenvalue weighted by Gasteiger charge is 2.13. The zero-order chi connectivity index (χ0) is 13.8. The summed E-state index contributed by atoms with van der Waals surface area (Å²) in [7, 11) is 0. The van der Waals surface area contributed by atoms with E-state index in [9.17, 15) is 9.18 Å². The van der Waals surface area contributed by atoms with Crippen LogP contribution < -0.4 is 4.74 Å². The van der Waals surface area contributed by atoms with Crippen molar-refractivity contribution in [2.75, 3.05) is 0 Å². The predicted octanol–water partition coefficient (Wildman–Crippen LogP) is 3.70. The summed E-state index contributed by atoms with van der Waals surface area (Å²) >= 11 is 0. The Bertz CT molecular complexity index is 611. The van der Waals surface area contributed by atoms with Crippen molar-refractivity contribution in [1.82, 2.24) is 4.98 Å². The van der Waals surface area contributed by atoms with Gasteiger partial charge in [0.05, 0.1) is 11.3 Å². The van der Waals surface area contributed by atoms with Crippen molar-refractivity contribution >= 4 is 6.29 Å². The Hall–Kier alpha value is -2.23. The maximum atomic E-state index is 13.7. The number of aromatic nitrogens is 1. The summed E-state index contributed by atoms with van der Waals surface area (Å²) in [5, 5.41) is 0. The smallest absolute Gasteiger partial charge is 0.173 e. The van der Waals surface area contributed by atoms with Crippen LogP contribution in [0.2, 0.25) is 0 Å². The lowest BCUT2D eigenvalue weighted by Crippen LogP contribution is -1.99. The molecule has 0 bridgehead atoms. The van der Waals surface area contributed by atoms with Crippen LogP contribution >= 0.6 is 0 Å². The number of halogens is 1. The Labute approximate surface area is 111 Å². The van der Waals surface area contributed by atoms with Gasteiger partial charge in [-0.3, -0.25) is 9.78 Å². The van der Waals surface area contributed by atoms with E-state index >= 15 is 0 Å². The number of rotatable bonds is 4. The van der Waals surface area contributed by atoms with Crippen molar-refractivity contribution in [3.63, 3.8) is 0 Å². The van der Waals surface area contributed by atoms with Gasteiger partial charge in [0.25, 0.3) is 0 Å². The Kier molecular flexibility index (Phi) is 3.90. The summed E-state index contributed by atoms with van der Waals surface area (Å²) < 4.78 is 19.3. The number of para-hydroxylation sites is 1. The standard InChI is InChI=1S/C15H14FNO2/c1-3-13-14(8-7-10(2)17-13)19-15-11(9-18)5-4-6-12(15)16/h4-9H,3H2,1-2H3. The Morgan fingerprint density at radius 3 is 2.79 bits per heavy atom. The molecule has 1 aromatic heterocycles. The van der Waals surface area contributed by atoms with E-state index in [4.69, 9.17) is 4.74 Å². The number of benzene rings is 1. The molecule has 0 aliphatic heterocycles. The lowest BCUT2D eigenvalue weighted by atomic mass is 10.2. The van der Waals surface area contributed by atoms with Crippen LogP contribution in [0, 0.1) is 12.7 Å². The number of carbonyl (C=O) groups is 1. The van der Waals surface area contributed by atoms with E-state index in [-0.39, 0.29) is 11.3 Å². The summed E-state index contributed by atoms with van der Waals surface area (Å²) in [6, 6.07) is 7.77. The lowest BCUT2D eigenvalue weighted by molar-refractivity contribution is 0.112. The second kappa shape index (κ2) is 5.61. The molecule has 0 atom stereocenters. The van der Waals surface area contributed by atoms with Gasteiger partial charge in [-0.15, -0.1) is 0 Å². The van der Waals surface area contributed by atoms with Crippen LogP contribution in [0.5, 0.6) is 11.5 Å². The first kappa shape index (κ1) is 13.2. The predicted molar refractivity (Wildman–Crippen MR) is 70.2 cm³/mol. The number of carbonyl (C=O) groups excluding carboxylic acids is 1. The first-order valence-electron chi connectivity index (χ1n) is 6.03. The molecule has 0 saturated heterocycles. The number of ether oxygens (including phenoxy) is 1. The zero-order valence-electron chi connectivity index (χ0n) is 10.8. The SMILES string of the molecule is CCc1nc(C)ccc1Oc1c(F)cccc1C=O. The summed E-state index contributed by atoms with van der Waals surface area (Å²) in [4.78, 5) is 15.3. The van der Waals surface area contributed by atoms with E-state index in [0.29, 0.717) is 18.5 Å². The molecule has 3 nitrogen and oxygen atoms in total. The second-order valence-corrected chi connectivity index (χ2v) is 4.13. The van der Waals surface area contributed by atoms with E-state index in [0.717, 1.165) is 11.4 Å². The molecule has 0 spiro atoms. The highest BCUT2D eigenvalue weighted by molar-refractivity contribution is 5.79. The highest BCUT2D eigenvalue weighted by Crippen LogP contribution is 2.29. The maximum Gasteiger partial charge on any atom is 0.173 e. The number of nitrogens with zero attached hydrogens (tertiary/aromatic N) is 1. The number of hydrogen-bond donors (Lipinski definition) is 0. The van der Waals surface area contributed by atoms with Gasteiger partial charge in [-0.2, -0.15) is 0 Å². The molecule has 19 heavy (non-hydrogen) atoms. The molecule has 0 aliphatic carbocycles. The molecule has 2 aromatic rings. The third-order valence-corrected chi connectivity index (χ3v) is 2.74. The van der Waals surface area contributed by atoms with E-state index in [1.807, 2.05) is 13.8 Å². The number of aryl methyl sites for hydroxylation is 2. The maximum absolute atomic E-state index is 13.7. The molecule has 98 valence electrons. The van der Waals surface area contributed by atoms with Crippen LogP contribution in [0.1, 0.15) is 28.7 Å². The molecule has 0 aliphatic rings. The molecule has 2 rings (SSSR count). The Balaban J connectivity index is 2.44. The molecule has 0 fully saturated rings.